The zero-order valence-corrected chi connectivity index (χ0v) is 14.5. The van der Waals surface area contributed by atoms with Crippen LogP contribution in [0.25, 0.3) is 0 Å². The summed E-state index contributed by atoms with van der Waals surface area (Å²) >= 11 is 6.24. The number of halogens is 1. The Kier molecular flexibility index (Phi) is 4.85. The molecule has 0 atom stereocenters. The van der Waals surface area contributed by atoms with E-state index in [0.717, 1.165) is 5.69 Å². The smallest absolute Gasteiger partial charge is 0.253 e. The maximum Gasteiger partial charge on any atom is 0.253 e. The van der Waals surface area contributed by atoms with Crippen molar-refractivity contribution in [2.24, 2.45) is 0 Å². The summed E-state index contributed by atoms with van der Waals surface area (Å²) in [7, 11) is 1.59. The number of pyridine rings is 1. The Bertz CT molecular complexity index is 908. The number of benzene rings is 1. The number of amides is 1. The van der Waals surface area contributed by atoms with Gasteiger partial charge in [0, 0.05) is 24.9 Å². The summed E-state index contributed by atoms with van der Waals surface area (Å²) in [6.45, 7) is 1.91. The highest BCUT2D eigenvalue weighted by Gasteiger charge is 2.11. The second kappa shape index (κ2) is 7.23. The first-order valence-corrected chi connectivity index (χ1v) is 7.97. The molecule has 2 aromatic heterocycles. The molecule has 1 aromatic carbocycles. The minimum atomic E-state index is -0.182. The molecule has 3 rings (SSSR count). The summed E-state index contributed by atoms with van der Waals surface area (Å²) in [5.41, 5.74) is 2.74. The predicted octanol–water partition coefficient (Wildman–Crippen LogP) is 3.61. The molecule has 0 saturated heterocycles. The number of H-pyrrole nitrogens is 1. The molecule has 3 aromatic rings. The van der Waals surface area contributed by atoms with Crippen LogP contribution in [0.2, 0.25) is 5.02 Å². The van der Waals surface area contributed by atoms with Crippen LogP contribution in [-0.4, -0.2) is 28.1 Å². The van der Waals surface area contributed by atoms with E-state index in [0.29, 0.717) is 33.6 Å². The van der Waals surface area contributed by atoms with Crippen molar-refractivity contribution >= 4 is 40.5 Å². The Hall–Kier alpha value is -3.06. The summed E-state index contributed by atoms with van der Waals surface area (Å²) in [4.78, 5) is 16.2. The highest BCUT2D eigenvalue weighted by Crippen LogP contribution is 2.29. The van der Waals surface area contributed by atoms with E-state index in [1.54, 1.807) is 25.2 Å². The molecule has 0 aliphatic heterocycles. The van der Waals surface area contributed by atoms with Gasteiger partial charge in [0.25, 0.3) is 5.91 Å². The van der Waals surface area contributed by atoms with Crippen molar-refractivity contribution in [1.82, 2.24) is 20.5 Å². The van der Waals surface area contributed by atoms with Gasteiger partial charge in [0.15, 0.2) is 5.82 Å². The molecule has 1 amide bonds. The minimum Gasteiger partial charge on any atom is -0.355 e. The van der Waals surface area contributed by atoms with Gasteiger partial charge in [0.05, 0.1) is 28.2 Å². The van der Waals surface area contributed by atoms with E-state index >= 15 is 0 Å². The number of aryl methyl sites for hydroxylation is 1. The molecule has 0 spiro atoms. The molecule has 0 bridgehead atoms. The van der Waals surface area contributed by atoms with E-state index in [2.05, 4.69) is 31.1 Å². The number of hydrogen-bond acceptors (Lipinski definition) is 5. The van der Waals surface area contributed by atoms with Crippen LogP contribution < -0.4 is 16.0 Å². The average molecular weight is 357 g/mol. The Balaban J connectivity index is 1.88. The van der Waals surface area contributed by atoms with Gasteiger partial charge in [-0.25, -0.2) is 4.98 Å². The molecule has 4 N–H and O–H groups in total. The number of aromatic amines is 1. The Morgan fingerprint density at radius 2 is 1.92 bits per heavy atom. The summed E-state index contributed by atoms with van der Waals surface area (Å²) in [5, 5.41) is 16.3. The molecule has 0 fully saturated rings. The van der Waals surface area contributed by atoms with E-state index < -0.39 is 0 Å². The number of anilines is 4. The van der Waals surface area contributed by atoms with Gasteiger partial charge in [-0.15, -0.1) is 0 Å². The zero-order chi connectivity index (χ0) is 17.8. The van der Waals surface area contributed by atoms with Crippen molar-refractivity contribution < 1.29 is 4.79 Å². The van der Waals surface area contributed by atoms with E-state index in [1.165, 1.54) is 6.20 Å². The Labute approximate surface area is 149 Å². The molecule has 0 unspecified atom stereocenters. The van der Waals surface area contributed by atoms with Crippen LogP contribution in [0.15, 0.2) is 42.6 Å². The van der Waals surface area contributed by atoms with Crippen LogP contribution in [-0.2, 0) is 0 Å². The van der Waals surface area contributed by atoms with Crippen molar-refractivity contribution in [3.8, 4) is 0 Å². The van der Waals surface area contributed by atoms with Gasteiger partial charge in [0.2, 0.25) is 0 Å². The molecular formula is C17H17ClN6O. The first-order chi connectivity index (χ1) is 12.1. The highest BCUT2D eigenvalue weighted by molar-refractivity contribution is 6.33. The topological polar surface area (TPSA) is 94.7 Å². The third-order valence-corrected chi connectivity index (χ3v) is 3.79. The van der Waals surface area contributed by atoms with Crippen molar-refractivity contribution in [2.45, 2.75) is 6.92 Å². The van der Waals surface area contributed by atoms with Gasteiger partial charge >= 0.3 is 0 Å². The van der Waals surface area contributed by atoms with Gasteiger partial charge in [-0.1, -0.05) is 23.7 Å². The number of nitrogens with zero attached hydrogens (tertiary/aromatic N) is 2. The normalized spacial score (nSPS) is 10.4. The number of aromatic nitrogens is 3. The van der Waals surface area contributed by atoms with E-state index in [-0.39, 0.29) is 5.91 Å². The van der Waals surface area contributed by atoms with Gasteiger partial charge in [-0.2, -0.15) is 5.10 Å². The Morgan fingerprint density at radius 3 is 2.64 bits per heavy atom. The molecule has 0 aliphatic carbocycles. The number of nitrogens with one attached hydrogen (secondary N) is 4. The van der Waals surface area contributed by atoms with Crippen LogP contribution in [0.5, 0.6) is 0 Å². The van der Waals surface area contributed by atoms with Crippen LogP contribution in [0.3, 0.4) is 0 Å². The Morgan fingerprint density at radius 1 is 1.12 bits per heavy atom. The second-order valence-electron chi connectivity index (χ2n) is 5.36. The third kappa shape index (κ3) is 3.89. The zero-order valence-electron chi connectivity index (χ0n) is 13.7. The van der Waals surface area contributed by atoms with Crippen molar-refractivity contribution in [3.05, 3.63) is 58.9 Å². The monoisotopic (exact) mass is 356 g/mol. The molecule has 8 heteroatoms. The third-order valence-electron chi connectivity index (χ3n) is 3.49. The van der Waals surface area contributed by atoms with Crippen LogP contribution >= 0.6 is 11.6 Å². The standard InChI is InChI=1S/C17H17ClN6O/c1-10-7-16(24-23-10)22-15-8-14(12(18)9-20-15)21-13-6-4-3-5-11(13)17(25)19-2/h3-9H,1-2H3,(H,19,25)(H3,20,21,22,23,24). The molecule has 0 aliphatic rings. The van der Waals surface area contributed by atoms with Crippen LogP contribution in [0, 0.1) is 6.92 Å². The number of rotatable bonds is 5. The fourth-order valence-corrected chi connectivity index (χ4v) is 2.44. The van der Waals surface area contributed by atoms with E-state index in [9.17, 15) is 4.79 Å². The molecule has 2 heterocycles. The highest BCUT2D eigenvalue weighted by atomic mass is 35.5. The summed E-state index contributed by atoms with van der Waals surface area (Å²) in [6.07, 6.45) is 1.54. The molecule has 0 saturated carbocycles. The van der Waals surface area contributed by atoms with E-state index in [4.69, 9.17) is 11.6 Å². The first kappa shape index (κ1) is 16.8. The summed E-state index contributed by atoms with van der Waals surface area (Å²) in [6, 6.07) is 10.8. The SMILES string of the molecule is CNC(=O)c1ccccc1Nc1cc(Nc2cc(C)[nH]n2)ncc1Cl. The number of carbonyl (C=O) groups is 1. The van der Waals surface area contributed by atoms with Gasteiger partial charge in [-0.3, -0.25) is 9.89 Å². The summed E-state index contributed by atoms with van der Waals surface area (Å²) in [5.74, 6) is 1.05. The first-order valence-electron chi connectivity index (χ1n) is 7.59. The lowest BCUT2D eigenvalue weighted by Crippen LogP contribution is -2.19. The molecule has 0 radical (unpaired) electrons. The molecule has 128 valence electrons. The minimum absolute atomic E-state index is 0.182. The molecular weight excluding hydrogens is 340 g/mol. The van der Waals surface area contributed by atoms with Crippen molar-refractivity contribution in [1.29, 1.82) is 0 Å². The largest absolute Gasteiger partial charge is 0.355 e. The van der Waals surface area contributed by atoms with Gasteiger partial charge in [-0.05, 0) is 19.1 Å². The molecule has 7 nitrogen and oxygen atoms in total. The second-order valence-corrected chi connectivity index (χ2v) is 5.77. The number of para-hydroxylation sites is 1. The summed E-state index contributed by atoms with van der Waals surface area (Å²) < 4.78 is 0. The van der Waals surface area contributed by atoms with Crippen LogP contribution in [0.1, 0.15) is 16.1 Å². The lowest BCUT2D eigenvalue weighted by Gasteiger charge is -2.13. The quantitative estimate of drug-likeness (QED) is 0.560. The maximum atomic E-state index is 12.0. The fraction of sp³-hybridized carbons (Fsp3) is 0.118. The van der Waals surface area contributed by atoms with Crippen molar-refractivity contribution in [3.63, 3.8) is 0 Å². The lowest BCUT2D eigenvalue weighted by molar-refractivity contribution is 0.0964. The van der Waals surface area contributed by atoms with Gasteiger partial charge in [0.1, 0.15) is 5.82 Å². The average Bonchev–Trinajstić information content (AvgIpc) is 3.02. The number of hydrogen-bond donors (Lipinski definition) is 4. The molecule has 25 heavy (non-hydrogen) atoms. The number of carbonyl (C=O) groups excluding carboxylic acids is 1. The maximum absolute atomic E-state index is 12.0. The lowest BCUT2D eigenvalue weighted by atomic mass is 10.1. The fourth-order valence-electron chi connectivity index (χ4n) is 2.29. The van der Waals surface area contributed by atoms with E-state index in [1.807, 2.05) is 25.1 Å². The van der Waals surface area contributed by atoms with Crippen LogP contribution in [0.4, 0.5) is 23.0 Å². The van der Waals surface area contributed by atoms with Crippen molar-refractivity contribution in [2.75, 3.05) is 17.7 Å². The van der Waals surface area contributed by atoms with Gasteiger partial charge < -0.3 is 16.0 Å². The predicted molar refractivity (Wildman–Crippen MR) is 99.0 cm³/mol.